The quantitative estimate of drug-likeness (QED) is 0.935. The van der Waals surface area contributed by atoms with Crippen molar-refractivity contribution in [2.24, 2.45) is 11.3 Å². The fourth-order valence-electron chi connectivity index (χ4n) is 3.11. The van der Waals surface area contributed by atoms with Crippen molar-refractivity contribution < 1.29 is 9.18 Å². The fourth-order valence-corrected chi connectivity index (χ4v) is 3.11. The number of carbonyl (C=O) groups is 1. The van der Waals surface area contributed by atoms with Crippen LogP contribution in [-0.2, 0) is 4.79 Å². The van der Waals surface area contributed by atoms with Crippen molar-refractivity contribution in [3.05, 3.63) is 60.2 Å². The Labute approximate surface area is 123 Å². The van der Waals surface area contributed by atoms with Gasteiger partial charge in [0.05, 0.1) is 24.0 Å². The van der Waals surface area contributed by atoms with Crippen molar-refractivity contribution in [3.63, 3.8) is 0 Å². The number of anilines is 1. The summed E-state index contributed by atoms with van der Waals surface area (Å²) in [5, 5.41) is 2.76. The van der Waals surface area contributed by atoms with Gasteiger partial charge in [-0.1, -0.05) is 44.2 Å². The molecule has 1 fully saturated rings. The monoisotopic (exact) mass is 284 g/mol. The van der Waals surface area contributed by atoms with Gasteiger partial charge in [0, 0.05) is 12.0 Å². The summed E-state index contributed by atoms with van der Waals surface area (Å²) >= 11 is 0. The Bertz CT molecular complexity index is 670. The Morgan fingerprint density at radius 1 is 1.24 bits per heavy atom. The maximum absolute atomic E-state index is 13.1. The van der Waals surface area contributed by atoms with Crippen LogP contribution in [0.5, 0.6) is 0 Å². The van der Waals surface area contributed by atoms with Crippen LogP contribution in [-0.4, -0.2) is 10.9 Å². The summed E-state index contributed by atoms with van der Waals surface area (Å²) in [5.74, 6) is -0.452. The minimum absolute atomic E-state index is 0.0822. The third-order valence-electron chi connectivity index (χ3n) is 4.24. The molecule has 3 nitrogen and oxygen atoms in total. The van der Waals surface area contributed by atoms with Gasteiger partial charge in [-0.3, -0.25) is 9.78 Å². The van der Waals surface area contributed by atoms with E-state index in [1.165, 1.54) is 17.8 Å². The van der Waals surface area contributed by atoms with Crippen LogP contribution in [0.3, 0.4) is 0 Å². The highest BCUT2D eigenvalue weighted by molar-refractivity contribution is 5.96. The van der Waals surface area contributed by atoms with Gasteiger partial charge < -0.3 is 5.32 Å². The number of aromatic nitrogens is 1. The zero-order chi connectivity index (χ0) is 15.0. The minimum Gasteiger partial charge on any atom is -0.324 e. The molecule has 1 aliphatic carbocycles. The molecule has 2 atom stereocenters. The molecule has 0 unspecified atom stereocenters. The van der Waals surface area contributed by atoms with E-state index < -0.39 is 5.82 Å². The van der Waals surface area contributed by atoms with E-state index in [4.69, 9.17) is 0 Å². The summed E-state index contributed by atoms with van der Waals surface area (Å²) in [6, 6.07) is 11.3. The van der Waals surface area contributed by atoms with E-state index >= 15 is 0 Å². The standard InChI is InChI=1S/C17H17FN2O/c1-17(2)14(11-6-4-3-5-7-11)15(17)16(21)20-13-8-12(18)9-19-10-13/h3-10,14-15H,1-2H3,(H,20,21)/t14-,15+/m1/s1. The molecule has 2 aromatic rings. The van der Waals surface area contributed by atoms with Gasteiger partial charge >= 0.3 is 0 Å². The van der Waals surface area contributed by atoms with Gasteiger partial charge in [-0.05, 0) is 11.0 Å². The number of halogens is 1. The van der Waals surface area contributed by atoms with E-state index in [1.807, 2.05) is 30.3 Å². The Morgan fingerprint density at radius 3 is 2.62 bits per heavy atom. The van der Waals surface area contributed by atoms with Crippen molar-refractivity contribution in [1.29, 1.82) is 0 Å². The number of rotatable bonds is 3. The van der Waals surface area contributed by atoms with E-state index in [1.54, 1.807) is 0 Å². The van der Waals surface area contributed by atoms with Crippen molar-refractivity contribution >= 4 is 11.6 Å². The molecule has 0 radical (unpaired) electrons. The van der Waals surface area contributed by atoms with Crippen molar-refractivity contribution in [1.82, 2.24) is 4.98 Å². The zero-order valence-corrected chi connectivity index (χ0v) is 12.0. The van der Waals surface area contributed by atoms with Crippen molar-refractivity contribution in [2.75, 3.05) is 5.32 Å². The summed E-state index contributed by atoms with van der Waals surface area (Å²) in [4.78, 5) is 16.2. The number of nitrogens with one attached hydrogen (secondary N) is 1. The van der Waals surface area contributed by atoms with E-state index in [-0.39, 0.29) is 23.2 Å². The van der Waals surface area contributed by atoms with Crippen LogP contribution in [0.1, 0.15) is 25.3 Å². The summed E-state index contributed by atoms with van der Waals surface area (Å²) in [6.07, 6.45) is 2.57. The molecule has 21 heavy (non-hydrogen) atoms. The highest BCUT2D eigenvalue weighted by Gasteiger charge is 2.62. The number of amides is 1. The van der Waals surface area contributed by atoms with E-state index in [0.717, 1.165) is 6.20 Å². The number of hydrogen-bond acceptors (Lipinski definition) is 2. The van der Waals surface area contributed by atoms with E-state index in [2.05, 4.69) is 24.1 Å². The Hall–Kier alpha value is -2.23. The molecule has 1 aromatic carbocycles. The number of carbonyl (C=O) groups excluding carboxylic acids is 1. The molecule has 0 saturated heterocycles. The molecule has 0 spiro atoms. The highest BCUT2D eigenvalue weighted by atomic mass is 19.1. The third kappa shape index (κ3) is 2.53. The van der Waals surface area contributed by atoms with Crippen LogP contribution in [0.25, 0.3) is 0 Å². The molecule has 0 bridgehead atoms. The van der Waals surface area contributed by atoms with Crippen LogP contribution < -0.4 is 5.32 Å². The lowest BCUT2D eigenvalue weighted by Gasteiger charge is -2.05. The first kappa shape index (κ1) is 13.7. The van der Waals surface area contributed by atoms with E-state index in [0.29, 0.717) is 5.69 Å². The van der Waals surface area contributed by atoms with Gasteiger partial charge in [-0.25, -0.2) is 4.39 Å². The lowest BCUT2D eigenvalue weighted by molar-refractivity contribution is -0.118. The van der Waals surface area contributed by atoms with Crippen LogP contribution >= 0.6 is 0 Å². The molecule has 108 valence electrons. The maximum atomic E-state index is 13.1. The molecule has 1 heterocycles. The highest BCUT2D eigenvalue weighted by Crippen LogP contribution is 2.64. The zero-order valence-electron chi connectivity index (χ0n) is 12.0. The smallest absolute Gasteiger partial charge is 0.228 e. The van der Waals surface area contributed by atoms with Gasteiger partial charge in [-0.15, -0.1) is 0 Å². The average Bonchev–Trinajstić information content (AvgIpc) is 3.03. The number of pyridine rings is 1. The second-order valence-electron chi connectivity index (χ2n) is 6.07. The molecule has 1 N–H and O–H groups in total. The van der Waals surface area contributed by atoms with Crippen LogP contribution in [0.2, 0.25) is 0 Å². The van der Waals surface area contributed by atoms with Crippen LogP contribution in [0.15, 0.2) is 48.8 Å². The predicted octanol–water partition coefficient (Wildman–Crippen LogP) is 3.60. The van der Waals surface area contributed by atoms with Crippen LogP contribution in [0, 0.1) is 17.2 Å². The molecule has 0 aliphatic heterocycles. The van der Waals surface area contributed by atoms with Gasteiger partial charge in [0.2, 0.25) is 5.91 Å². The van der Waals surface area contributed by atoms with Gasteiger partial charge in [-0.2, -0.15) is 0 Å². The Morgan fingerprint density at radius 2 is 1.95 bits per heavy atom. The molecular weight excluding hydrogens is 267 g/mol. The molecule has 3 rings (SSSR count). The molecule has 1 aromatic heterocycles. The average molecular weight is 284 g/mol. The normalized spacial score (nSPS) is 22.6. The first-order chi connectivity index (χ1) is 10.00. The van der Waals surface area contributed by atoms with Gasteiger partial charge in [0.25, 0.3) is 0 Å². The Balaban J connectivity index is 1.77. The van der Waals surface area contributed by atoms with E-state index in [9.17, 15) is 9.18 Å². The number of benzene rings is 1. The third-order valence-corrected chi connectivity index (χ3v) is 4.24. The number of hydrogen-bond donors (Lipinski definition) is 1. The lowest BCUT2D eigenvalue weighted by atomic mass is 10.0. The minimum atomic E-state index is -0.456. The van der Waals surface area contributed by atoms with Gasteiger partial charge in [0.1, 0.15) is 5.82 Å². The summed E-state index contributed by atoms with van der Waals surface area (Å²) in [5.41, 5.74) is 1.47. The summed E-state index contributed by atoms with van der Waals surface area (Å²) < 4.78 is 13.1. The molecule has 1 amide bonds. The molecule has 1 aliphatic rings. The van der Waals surface area contributed by atoms with Crippen LogP contribution in [0.4, 0.5) is 10.1 Å². The SMILES string of the molecule is CC1(C)[C@H](C(=O)Nc2cncc(F)c2)[C@H]1c1ccccc1. The second-order valence-corrected chi connectivity index (χ2v) is 6.07. The second kappa shape index (κ2) is 4.95. The largest absolute Gasteiger partial charge is 0.324 e. The number of nitrogens with zero attached hydrogens (tertiary/aromatic N) is 1. The fraction of sp³-hybridized carbons (Fsp3) is 0.294. The maximum Gasteiger partial charge on any atom is 0.228 e. The molecule has 4 heteroatoms. The lowest BCUT2D eigenvalue weighted by Crippen LogP contribution is -2.17. The topological polar surface area (TPSA) is 42.0 Å². The first-order valence-corrected chi connectivity index (χ1v) is 6.96. The summed E-state index contributed by atoms with van der Waals surface area (Å²) in [6.45, 7) is 4.16. The van der Waals surface area contributed by atoms with Crippen molar-refractivity contribution in [2.45, 2.75) is 19.8 Å². The Kier molecular flexibility index (Phi) is 3.24. The van der Waals surface area contributed by atoms with Crippen molar-refractivity contribution in [3.8, 4) is 0 Å². The molecule has 1 saturated carbocycles. The predicted molar refractivity (Wildman–Crippen MR) is 79.3 cm³/mol. The first-order valence-electron chi connectivity index (χ1n) is 6.96. The summed E-state index contributed by atoms with van der Waals surface area (Å²) in [7, 11) is 0. The van der Waals surface area contributed by atoms with Gasteiger partial charge in [0.15, 0.2) is 0 Å². The molecular formula is C17H17FN2O.